The third-order valence-electron chi connectivity index (χ3n) is 3.00. The van der Waals surface area contributed by atoms with E-state index in [2.05, 4.69) is 30.5 Å². The summed E-state index contributed by atoms with van der Waals surface area (Å²) in [6.07, 6.45) is 3.97. The summed E-state index contributed by atoms with van der Waals surface area (Å²) < 4.78 is 0. The van der Waals surface area contributed by atoms with Gasteiger partial charge in [-0.1, -0.05) is 0 Å². The molecular weight excluding hydrogens is 160 g/mol. The molecule has 76 valence electrons. The van der Waals surface area contributed by atoms with Crippen molar-refractivity contribution in [3.8, 4) is 0 Å². The number of likely N-dealkylation sites (tertiary alicyclic amines) is 1. The predicted octanol–water partition coefficient (Wildman–Crippen LogP) is 2.20. The van der Waals surface area contributed by atoms with Gasteiger partial charge in [-0.15, -0.1) is 0 Å². The van der Waals surface area contributed by atoms with Crippen LogP contribution in [-0.2, 0) is 0 Å². The molecule has 1 aliphatic rings. The van der Waals surface area contributed by atoms with Gasteiger partial charge in [0.25, 0.3) is 0 Å². The smallest absolute Gasteiger partial charge is 0.0410 e. The lowest BCUT2D eigenvalue weighted by Gasteiger charge is -2.24. The molecule has 0 saturated carbocycles. The van der Waals surface area contributed by atoms with Gasteiger partial charge in [0.05, 0.1) is 0 Å². The van der Waals surface area contributed by atoms with Crippen molar-refractivity contribution >= 4 is 6.72 Å². The average molecular weight is 182 g/mol. The molecule has 0 radical (unpaired) electrons. The Morgan fingerprint density at radius 3 is 2.77 bits per heavy atom. The Balaban J connectivity index is 2.34. The van der Waals surface area contributed by atoms with Crippen LogP contribution in [0.25, 0.3) is 0 Å². The molecular formula is C11H22N2. The van der Waals surface area contributed by atoms with Gasteiger partial charge in [0, 0.05) is 12.6 Å². The zero-order chi connectivity index (χ0) is 9.68. The van der Waals surface area contributed by atoms with E-state index in [1.165, 1.54) is 32.4 Å². The zero-order valence-electron chi connectivity index (χ0n) is 9.00. The van der Waals surface area contributed by atoms with Crippen molar-refractivity contribution in [1.29, 1.82) is 0 Å². The molecule has 0 spiro atoms. The standard InChI is InChI=1S/C11H22N2/c1-10(2)13-7-4-5-11(6-8-13)9-12-3/h10-11H,3-9H2,1-2H3. The molecule has 0 N–H and O–H groups in total. The summed E-state index contributed by atoms with van der Waals surface area (Å²) in [5.41, 5.74) is 0. The monoisotopic (exact) mass is 182 g/mol. The third kappa shape index (κ3) is 3.47. The van der Waals surface area contributed by atoms with E-state index in [1.54, 1.807) is 0 Å². The minimum Gasteiger partial charge on any atom is -0.301 e. The van der Waals surface area contributed by atoms with Gasteiger partial charge in [0.15, 0.2) is 0 Å². The molecule has 1 atom stereocenters. The van der Waals surface area contributed by atoms with Crippen molar-refractivity contribution in [2.24, 2.45) is 10.9 Å². The number of rotatable bonds is 3. The van der Waals surface area contributed by atoms with Crippen LogP contribution in [0.5, 0.6) is 0 Å². The molecule has 1 rings (SSSR count). The molecule has 2 heteroatoms. The van der Waals surface area contributed by atoms with Crippen LogP contribution in [0, 0.1) is 5.92 Å². The fourth-order valence-corrected chi connectivity index (χ4v) is 2.07. The van der Waals surface area contributed by atoms with Crippen LogP contribution in [-0.4, -0.2) is 37.3 Å². The van der Waals surface area contributed by atoms with Crippen molar-refractivity contribution in [1.82, 2.24) is 4.90 Å². The average Bonchev–Trinajstić information content (AvgIpc) is 2.30. The summed E-state index contributed by atoms with van der Waals surface area (Å²) in [6, 6.07) is 0.704. The normalized spacial score (nSPS) is 25.9. The molecule has 1 heterocycles. The van der Waals surface area contributed by atoms with Crippen LogP contribution in [0.15, 0.2) is 4.99 Å². The van der Waals surface area contributed by atoms with Gasteiger partial charge in [0.1, 0.15) is 0 Å². The van der Waals surface area contributed by atoms with Crippen molar-refractivity contribution in [3.05, 3.63) is 0 Å². The first-order valence-electron chi connectivity index (χ1n) is 5.40. The van der Waals surface area contributed by atoms with Gasteiger partial charge in [-0.05, 0) is 58.8 Å². The van der Waals surface area contributed by atoms with E-state index in [4.69, 9.17) is 0 Å². The zero-order valence-corrected chi connectivity index (χ0v) is 9.00. The Labute approximate surface area is 82.0 Å². The SMILES string of the molecule is C=NCC1CCCN(C(C)C)CC1. The molecule has 0 aromatic heterocycles. The van der Waals surface area contributed by atoms with Gasteiger partial charge in [-0.25, -0.2) is 0 Å². The Hall–Kier alpha value is -0.370. The molecule has 2 nitrogen and oxygen atoms in total. The summed E-state index contributed by atoms with van der Waals surface area (Å²) in [7, 11) is 0. The van der Waals surface area contributed by atoms with Gasteiger partial charge in [0.2, 0.25) is 0 Å². The maximum absolute atomic E-state index is 4.00. The van der Waals surface area contributed by atoms with E-state index in [0.29, 0.717) is 6.04 Å². The summed E-state index contributed by atoms with van der Waals surface area (Å²) in [6.45, 7) is 11.6. The summed E-state index contributed by atoms with van der Waals surface area (Å²) in [4.78, 5) is 6.57. The van der Waals surface area contributed by atoms with Gasteiger partial charge in [-0.3, -0.25) is 0 Å². The van der Waals surface area contributed by atoms with E-state index in [0.717, 1.165) is 12.5 Å². The molecule has 0 aromatic carbocycles. The highest BCUT2D eigenvalue weighted by Gasteiger charge is 2.17. The number of aliphatic imine (C=N–C) groups is 1. The maximum Gasteiger partial charge on any atom is 0.0410 e. The highest BCUT2D eigenvalue weighted by molar-refractivity contribution is 5.23. The second kappa shape index (κ2) is 5.38. The largest absolute Gasteiger partial charge is 0.301 e. The van der Waals surface area contributed by atoms with Gasteiger partial charge >= 0.3 is 0 Å². The van der Waals surface area contributed by atoms with E-state index in [1.807, 2.05) is 0 Å². The van der Waals surface area contributed by atoms with Crippen molar-refractivity contribution in [3.63, 3.8) is 0 Å². The molecule has 0 aliphatic carbocycles. The van der Waals surface area contributed by atoms with Crippen LogP contribution in [0.1, 0.15) is 33.1 Å². The highest BCUT2D eigenvalue weighted by Crippen LogP contribution is 2.18. The third-order valence-corrected chi connectivity index (χ3v) is 3.00. The van der Waals surface area contributed by atoms with E-state index >= 15 is 0 Å². The second-order valence-electron chi connectivity index (χ2n) is 4.33. The molecule has 1 saturated heterocycles. The molecule has 0 aromatic rings. The lowest BCUT2D eigenvalue weighted by molar-refractivity contribution is 0.228. The number of hydrogen-bond donors (Lipinski definition) is 0. The molecule has 1 fully saturated rings. The maximum atomic E-state index is 4.00. The minimum absolute atomic E-state index is 0.704. The van der Waals surface area contributed by atoms with Crippen LogP contribution in [0.2, 0.25) is 0 Å². The fraction of sp³-hybridized carbons (Fsp3) is 0.909. The van der Waals surface area contributed by atoms with E-state index in [-0.39, 0.29) is 0 Å². The lowest BCUT2D eigenvalue weighted by Crippen LogP contribution is -2.31. The number of nitrogens with zero attached hydrogens (tertiary/aromatic N) is 2. The molecule has 1 unspecified atom stereocenters. The Bertz CT molecular complexity index is 154. The molecule has 1 aliphatic heterocycles. The topological polar surface area (TPSA) is 15.6 Å². The van der Waals surface area contributed by atoms with Crippen molar-refractivity contribution < 1.29 is 0 Å². The van der Waals surface area contributed by atoms with Gasteiger partial charge in [-0.2, -0.15) is 0 Å². The molecule has 13 heavy (non-hydrogen) atoms. The number of hydrogen-bond acceptors (Lipinski definition) is 2. The first kappa shape index (κ1) is 10.7. The van der Waals surface area contributed by atoms with Crippen LogP contribution >= 0.6 is 0 Å². The van der Waals surface area contributed by atoms with Crippen molar-refractivity contribution in [2.45, 2.75) is 39.2 Å². The quantitative estimate of drug-likeness (QED) is 0.611. The summed E-state index contributed by atoms with van der Waals surface area (Å²) in [5, 5.41) is 0. The fourth-order valence-electron chi connectivity index (χ4n) is 2.07. The van der Waals surface area contributed by atoms with E-state index in [9.17, 15) is 0 Å². The molecule has 0 amide bonds. The molecule has 0 bridgehead atoms. The first-order valence-corrected chi connectivity index (χ1v) is 5.40. The summed E-state index contributed by atoms with van der Waals surface area (Å²) >= 11 is 0. The second-order valence-corrected chi connectivity index (χ2v) is 4.33. The predicted molar refractivity (Wildman–Crippen MR) is 58.5 cm³/mol. The summed E-state index contributed by atoms with van der Waals surface area (Å²) in [5.74, 6) is 0.793. The van der Waals surface area contributed by atoms with Crippen molar-refractivity contribution in [2.75, 3.05) is 19.6 Å². The van der Waals surface area contributed by atoms with Gasteiger partial charge < -0.3 is 9.89 Å². The Morgan fingerprint density at radius 1 is 1.38 bits per heavy atom. The van der Waals surface area contributed by atoms with E-state index < -0.39 is 0 Å². The van der Waals surface area contributed by atoms with Crippen LogP contribution < -0.4 is 0 Å². The van der Waals surface area contributed by atoms with Crippen LogP contribution in [0.4, 0.5) is 0 Å². The Kier molecular flexibility index (Phi) is 4.43. The first-order chi connectivity index (χ1) is 6.24. The Morgan fingerprint density at radius 2 is 2.15 bits per heavy atom. The lowest BCUT2D eigenvalue weighted by atomic mass is 10.0. The van der Waals surface area contributed by atoms with Crippen LogP contribution in [0.3, 0.4) is 0 Å². The highest BCUT2D eigenvalue weighted by atomic mass is 15.1. The minimum atomic E-state index is 0.704.